The van der Waals surface area contributed by atoms with Gasteiger partial charge in [-0.25, -0.2) is 12.7 Å². The van der Waals surface area contributed by atoms with E-state index in [-0.39, 0.29) is 54.3 Å². The van der Waals surface area contributed by atoms with Crippen LogP contribution in [0.4, 0.5) is 30.2 Å². The Balaban J connectivity index is 1.46. The van der Waals surface area contributed by atoms with Gasteiger partial charge in [0.05, 0.1) is 47.0 Å². The van der Waals surface area contributed by atoms with E-state index in [9.17, 15) is 41.5 Å². The number of alkyl halides is 3. The van der Waals surface area contributed by atoms with E-state index in [1.165, 1.54) is 59.5 Å². The minimum atomic E-state index is -4.50. The maximum atomic E-state index is 14.0. The summed E-state index contributed by atoms with van der Waals surface area (Å²) in [4.78, 5) is 28.3. The van der Waals surface area contributed by atoms with E-state index in [0.29, 0.717) is 24.2 Å². The highest BCUT2D eigenvalue weighted by atomic mass is 32.2. The molecule has 0 saturated carbocycles. The first kappa shape index (κ1) is 37.0. The number of nitrogens with zero attached hydrogens (tertiary/aromatic N) is 3. The zero-order valence-corrected chi connectivity index (χ0v) is 28.4. The zero-order valence-electron chi connectivity index (χ0n) is 27.6. The summed E-state index contributed by atoms with van der Waals surface area (Å²) in [6.07, 6.45) is -3.68. The quantitative estimate of drug-likeness (QED) is 0.170. The van der Waals surface area contributed by atoms with Gasteiger partial charge in [-0.15, -0.1) is 0 Å². The van der Waals surface area contributed by atoms with Crippen molar-refractivity contribution in [3.8, 4) is 6.07 Å². The zero-order chi connectivity index (χ0) is 36.8. The van der Waals surface area contributed by atoms with Crippen molar-refractivity contribution in [3.63, 3.8) is 0 Å². The third-order valence-corrected chi connectivity index (χ3v) is 9.43. The lowest BCUT2D eigenvalue weighted by molar-refractivity contribution is -0.137. The number of amides is 2. The van der Waals surface area contributed by atoms with E-state index in [1.807, 2.05) is 24.3 Å². The van der Waals surface area contributed by atoms with E-state index in [1.54, 1.807) is 12.1 Å². The van der Waals surface area contributed by atoms with Crippen LogP contribution in [0.3, 0.4) is 0 Å². The van der Waals surface area contributed by atoms with Crippen LogP contribution >= 0.6 is 0 Å². The molecule has 51 heavy (non-hydrogen) atoms. The number of sulfonamides is 1. The SMILES string of the molecule is CS(=O)(=O)N(c1cccc(C#N)c1)c1cc(C(=O)N[C@@H](Cc2ccccc2)[C@H](O)CNCc2cccc(C(F)(F)F)c2)cc(N2CCCC2=O)c1. The Morgan fingerprint density at radius 2 is 1.71 bits per heavy atom. The van der Waals surface area contributed by atoms with Crippen LogP contribution in [-0.2, 0) is 34.0 Å². The van der Waals surface area contributed by atoms with Gasteiger partial charge in [0.1, 0.15) is 0 Å². The molecule has 1 aliphatic heterocycles. The number of nitrogens with one attached hydrogen (secondary N) is 2. The summed E-state index contributed by atoms with van der Waals surface area (Å²) >= 11 is 0. The van der Waals surface area contributed by atoms with Crippen molar-refractivity contribution in [2.75, 3.05) is 28.6 Å². The van der Waals surface area contributed by atoms with E-state index >= 15 is 0 Å². The number of nitriles is 1. The number of aliphatic hydroxyl groups excluding tert-OH is 1. The number of anilines is 3. The summed E-state index contributed by atoms with van der Waals surface area (Å²) in [5.41, 5.74) is 1.08. The number of halogens is 3. The van der Waals surface area contributed by atoms with Gasteiger partial charge in [-0.2, -0.15) is 18.4 Å². The number of aliphatic hydroxyl groups is 1. The Kier molecular flexibility index (Phi) is 11.4. The predicted octanol–water partition coefficient (Wildman–Crippen LogP) is 5.29. The van der Waals surface area contributed by atoms with Gasteiger partial charge in [0, 0.05) is 37.3 Å². The number of carbonyl (C=O) groups excluding carboxylic acids is 2. The molecule has 0 aromatic heterocycles. The van der Waals surface area contributed by atoms with Crippen LogP contribution in [0.1, 0.15) is 45.5 Å². The lowest BCUT2D eigenvalue weighted by atomic mass is 10.00. The molecule has 4 aromatic carbocycles. The highest BCUT2D eigenvalue weighted by molar-refractivity contribution is 7.92. The standard InChI is InChI=1S/C37H36F3N5O5S/c1-51(49,50)45(30-13-6-10-26(17-30)22-41)32-20-28(19-31(21-32)44-15-7-14-35(44)47)36(48)43-33(18-25-8-3-2-4-9-25)34(46)24-42-23-27-11-5-12-29(16-27)37(38,39)40/h2-6,8-13,16-17,19-21,33-34,42,46H,7,14-15,18,23-24H2,1H3,(H,43,48)/t33-,34+/m0/s1. The summed E-state index contributed by atoms with van der Waals surface area (Å²) in [7, 11) is -4.04. The molecule has 1 saturated heterocycles. The second-order valence-electron chi connectivity index (χ2n) is 12.2. The van der Waals surface area contributed by atoms with Crippen LogP contribution < -0.4 is 19.8 Å². The van der Waals surface area contributed by atoms with Gasteiger partial charge < -0.3 is 20.6 Å². The molecule has 5 rings (SSSR count). The lowest BCUT2D eigenvalue weighted by Gasteiger charge is -2.27. The second kappa shape index (κ2) is 15.8. The number of rotatable bonds is 13. The average Bonchev–Trinajstić information content (AvgIpc) is 3.53. The molecule has 10 nitrogen and oxygen atoms in total. The number of benzene rings is 4. The Bertz CT molecular complexity index is 2040. The molecule has 1 fully saturated rings. The van der Waals surface area contributed by atoms with E-state index in [0.717, 1.165) is 28.3 Å². The highest BCUT2D eigenvalue weighted by Crippen LogP contribution is 2.35. The van der Waals surface area contributed by atoms with Crippen molar-refractivity contribution in [2.24, 2.45) is 0 Å². The maximum Gasteiger partial charge on any atom is 0.416 e. The fraction of sp³-hybridized carbons (Fsp3) is 0.270. The fourth-order valence-electron chi connectivity index (χ4n) is 5.92. The molecule has 1 heterocycles. The molecule has 0 radical (unpaired) electrons. The van der Waals surface area contributed by atoms with Crippen LogP contribution in [0, 0.1) is 11.3 Å². The van der Waals surface area contributed by atoms with Gasteiger partial charge in [0.25, 0.3) is 5.91 Å². The van der Waals surface area contributed by atoms with Crippen LogP contribution in [0.25, 0.3) is 0 Å². The second-order valence-corrected chi connectivity index (χ2v) is 14.1. The van der Waals surface area contributed by atoms with Crippen LogP contribution in [0.5, 0.6) is 0 Å². The smallest absolute Gasteiger partial charge is 0.390 e. The van der Waals surface area contributed by atoms with Crippen LogP contribution in [0.2, 0.25) is 0 Å². The van der Waals surface area contributed by atoms with Crippen LogP contribution in [-0.4, -0.2) is 56.8 Å². The summed E-state index contributed by atoms with van der Waals surface area (Å²) in [5, 5.41) is 26.6. The Hall–Kier alpha value is -5.23. The first-order valence-corrected chi connectivity index (χ1v) is 17.9. The summed E-state index contributed by atoms with van der Waals surface area (Å²) < 4.78 is 67.0. The molecular weight excluding hydrogens is 683 g/mol. The van der Waals surface area contributed by atoms with Crippen molar-refractivity contribution in [3.05, 3.63) is 125 Å². The topological polar surface area (TPSA) is 143 Å². The molecule has 0 spiro atoms. The summed E-state index contributed by atoms with van der Waals surface area (Å²) in [5.74, 6) is -0.859. The Labute approximate surface area is 294 Å². The van der Waals surface area contributed by atoms with Gasteiger partial charge in [-0.05, 0) is 66.4 Å². The van der Waals surface area contributed by atoms with Gasteiger partial charge in [-0.1, -0.05) is 54.6 Å². The molecule has 0 aliphatic carbocycles. The highest BCUT2D eigenvalue weighted by Gasteiger charge is 2.31. The average molecular weight is 720 g/mol. The number of hydrogen-bond acceptors (Lipinski definition) is 7. The molecule has 266 valence electrons. The summed E-state index contributed by atoms with van der Waals surface area (Å²) in [6, 6.07) is 25.3. The van der Waals surface area contributed by atoms with Gasteiger partial charge in [-0.3, -0.25) is 9.59 Å². The minimum absolute atomic E-state index is 0.00877. The Morgan fingerprint density at radius 3 is 2.37 bits per heavy atom. The van der Waals surface area contributed by atoms with Crippen LogP contribution in [0.15, 0.2) is 97.1 Å². The van der Waals surface area contributed by atoms with Crippen molar-refractivity contribution in [1.82, 2.24) is 10.6 Å². The van der Waals surface area contributed by atoms with E-state index in [4.69, 9.17) is 0 Å². The third kappa shape index (κ3) is 9.52. The largest absolute Gasteiger partial charge is 0.416 e. The lowest BCUT2D eigenvalue weighted by Crippen LogP contribution is -2.48. The number of carbonyl (C=O) groups is 2. The molecule has 14 heteroatoms. The molecule has 0 bridgehead atoms. The fourth-order valence-corrected chi connectivity index (χ4v) is 6.91. The minimum Gasteiger partial charge on any atom is -0.390 e. The van der Waals surface area contributed by atoms with Crippen molar-refractivity contribution in [1.29, 1.82) is 5.26 Å². The normalized spacial score (nSPS) is 14.5. The predicted molar refractivity (Wildman–Crippen MR) is 187 cm³/mol. The maximum absolute atomic E-state index is 14.0. The molecule has 4 aromatic rings. The summed E-state index contributed by atoms with van der Waals surface area (Å²) in [6.45, 7) is 0.300. The van der Waals surface area contributed by atoms with Gasteiger partial charge in [0.2, 0.25) is 15.9 Å². The number of hydrogen-bond donors (Lipinski definition) is 3. The van der Waals surface area contributed by atoms with Gasteiger partial charge >= 0.3 is 6.18 Å². The molecule has 2 amide bonds. The van der Waals surface area contributed by atoms with E-state index in [2.05, 4.69) is 10.6 Å². The monoisotopic (exact) mass is 719 g/mol. The Morgan fingerprint density at radius 1 is 0.980 bits per heavy atom. The van der Waals surface area contributed by atoms with Crippen molar-refractivity contribution >= 4 is 38.9 Å². The molecule has 0 unspecified atom stereocenters. The molecular formula is C37H36F3N5O5S. The first-order chi connectivity index (χ1) is 24.2. The van der Waals surface area contributed by atoms with Crippen molar-refractivity contribution in [2.45, 2.75) is 44.1 Å². The molecule has 3 N–H and O–H groups in total. The molecule has 1 aliphatic rings. The third-order valence-electron chi connectivity index (χ3n) is 8.34. The first-order valence-electron chi connectivity index (χ1n) is 16.1. The molecule has 2 atom stereocenters. The van der Waals surface area contributed by atoms with E-state index < -0.39 is 39.8 Å². The van der Waals surface area contributed by atoms with Gasteiger partial charge in [0.15, 0.2) is 0 Å². The van der Waals surface area contributed by atoms with Crippen molar-refractivity contribution < 1.29 is 36.3 Å².